The molecule has 0 fully saturated rings. The first kappa shape index (κ1) is 20.3. The second-order valence-electron chi connectivity index (χ2n) is 6.84. The summed E-state index contributed by atoms with van der Waals surface area (Å²) in [6, 6.07) is 12.4. The molecule has 2 heterocycles. The van der Waals surface area contributed by atoms with Gasteiger partial charge in [0.1, 0.15) is 5.75 Å². The number of ether oxygens (including phenoxy) is 1. The molecule has 3 aromatic rings. The average Bonchev–Trinajstić information content (AvgIpc) is 3.11. The summed E-state index contributed by atoms with van der Waals surface area (Å²) in [7, 11) is 5.53. The lowest BCUT2D eigenvalue weighted by atomic mass is 10.3. The van der Waals surface area contributed by atoms with Crippen molar-refractivity contribution >= 4 is 23.0 Å². The lowest BCUT2D eigenvalue weighted by Gasteiger charge is -2.09. The maximum atomic E-state index is 12.8. The predicted octanol–water partition coefficient (Wildman–Crippen LogP) is 2.28. The molecule has 2 aromatic heterocycles. The Morgan fingerprint density at radius 2 is 1.97 bits per heavy atom. The van der Waals surface area contributed by atoms with Gasteiger partial charge in [0.05, 0.1) is 12.6 Å². The summed E-state index contributed by atoms with van der Waals surface area (Å²) in [6.07, 6.45) is 2.54. The Labute approximate surface area is 169 Å². The van der Waals surface area contributed by atoms with Crippen molar-refractivity contribution in [2.75, 3.05) is 39.6 Å². The van der Waals surface area contributed by atoms with Crippen LogP contribution in [-0.4, -0.2) is 60.4 Å². The van der Waals surface area contributed by atoms with Gasteiger partial charge in [0.25, 0.3) is 11.8 Å². The predicted molar refractivity (Wildman–Crippen MR) is 112 cm³/mol. The first-order valence-electron chi connectivity index (χ1n) is 9.35. The van der Waals surface area contributed by atoms with Gasteiger partial charge in [0, 0.05) is 24.5 Å². The molecule has 1 aromatic carbocycles. The van der Waals surface area contributed by atoms with Crippen LogP contribution in [0.3, 0.4) is 0 Å². The number of hydrogen-bond donors (Lipinski definition) is 2. The molecule has 0 radical (unpaired) electrons. The summed E-state index contributed by atoms with van der Waals surface area (Å²) in [6.45, 7) is 1.41. The Balaban J connectivity index is 1.81. The van der Waals surface area contributed by atoms with Gasteiger partial charge in [-0.05, 0) is 51.3 Å². The van der Waals surface area contributed by atoms with Crippen LogP contribution >= 0.6 is 0 Å². The number of carbonyl (C=O) groups is 2. The van der Waals surface area contributed by atoms with Gasteiger partial charge in [-0.2, -0.15) is 0 Å². The normalized spacial score (nSPS) is 10.9. The standard InChI is InChI=1S/C21H25N5O3/c1-25(2)12-7-11-22-20(27)18-17-10-4-5-13-26(17)19(24-18)21(28)23-15-8-6-9-16(14-15)29-3/h4-6,8-10,13-14H,7,11-12H2,1-3H3,(H,22,27)(H,23,28). The van der Waals surface area contributed by atoms with Crippen molar-refractivity contribution < 1.29 is 14.3 Å². The maximum absolute atomic E-state index is 12.8. The van der Waals surface area contributed by atoms with E-state index < -0.39 is 5.91 Å². The monoisotopic (exact) mass is 395 g/mol. The Morgan fingerprint density at radius 1 is 1.14 bits per heavy atom. The van der Waals surface area contributed by atoms with E-state index in [9.17, 15) is 9.59 Å². The zero-order valence-electron chi connectivity index (χ0n) is 16.8. The summed E-state index contributed by atoms with van der Waals surface area (Å²) < 4.78 is 6.80. The second-order valence-corrected chi connectivity index (χ2v) is 6.84. The van der Waals surface area contributed by atoms with Gasteiger partial charge < -0.3 is 20.3 Å². The van der Waals surface area contributed by atoms with Crippen molar-refractivity contribution in [3.05, 3.63) is 60.2 Å². The fraction of sp³-hybridized carbons (Fsp3) is 0.286. The summed E-state index contributed by atoms with van der Waals surface area (Å²) in [5, 5.41) is 5.68. The largest absolute Gasteiger partial charge is 0.497 e. The molecule has 0 saturated heterocycles. The van der Waals surface area contributed by atoms with Crippen LogP contribution in [0.2, 0.25) is 0 Å². The Kier molecular flexibility index (Phi) is 6.46. The highest BCUT2D eigenvalue weighted by molar-refractivity contribution is 6.06. The van der Waals surface area contributed by atoms with Crippen LogP contribution in [0.15, 0.2) is 48.7 Å². The number of carbonyl (C=O) groups excluding carboxylic acids is 2. The zero-order chi connectivity index (χ0) is 20.8. The lowest BCUT2D eigenvalue weighted by Crippen LogP contribution is -2.27. The highest BCUT2D eigenvalue weighted by atomic mass is 16.5. The van der Waals surface area contributed by atoms with E-state index in [1.807, 2.05) is 20.2 Å². The molecule has 29 heavy (non-hydrogen) atoms. The molecule has 2 N–H and O–H groups in total. The number of nitrogens with one attached hydrogen (secondary N) is 2. The molecule has 0 unspecified atom stereocenters. The summed E-state index contributed by atoms with van der Waals surface area (Å²) in [4.78, 5) is 31.9. The number of imidazole rings is 1. The van der Waals surface area contributed by atoms with E-state index in [-0.39, 0.29) is 17.4 Å². The van der Waals surface area contributed by atoms with E-state index in [0.717, 1.165) is 13.0 Å². The van der Waals surface area contributed by atoms with Crippen LogP contribution in [-0.2, 0) is 0 Å². The van der Waals surface area contributed by atoms with Crippen molar-refractivity contribution in [2.24, 2.45) is 0 Å². The number of pyridine rings is 1. The SMILES string of the molecule is COc1cccc(NC(=O)c2nc(C(=O)NCCCN(C)C)c3ccccn23)c1. The third-order valence-corrected chi connectivity index (χ3v) is 4.36. The zero-order valence-corrected chi connectivity index (χ0v) is 16.8. The van der Waals surface area contributed by atoms with E-state index in [1.165, 1.54) is 0 Å². The number of methoxy groups -OCH3 is 1. The summed E-state index contributed by atoms with van der Waals surface area (Å²) >= 11 is 0. The van der Waals surface area contributed by atoms with E-state index in [2.05, 4.69) is 20.5 Å². The van der Waals surface area contributed by atoms with Gasteiger partial charge in [-0.1, -0.05) is 12.1 Å². The van der Waals surface area contributed by atoms with Crippen LogP contribution in [0.4, 0.5) is 5.69 Å². The number of fused-ring (bicyclic) bond motifs is 1. The van der Waals surface area contributed by atoms with Crippen LogP contribution in [0.25, 0.3) is 5.52 Å². The van der Waals surface area contributed by atoms with Crippen molar-refractivity contribution in [1.82, 2.24) is 19.6 Å². The molecule has 8 nitrogen and oxygen atoms in total. The molecule has 3 rings (SSSR count). The van der Waals surface area contributed by atoms with E-state index >= 15 is 0 Å². The van der Waals surface area contributed by atoms with Gasteiger partial charge >= 0.3 is 0 Å². The molecule has 0 atom stereocenters. The average molecular weight is 395 g/mol. The molecule has 0 aliphatic heterocycles. The van der Waals surface area contributed by atoms with Crippen LogP contribution < -0.4 is 15.4 Å². The maximum Gasteiger partial charge on any atom is 0.292 e. The van der Waals surface area contributed by atoms with Gasteiger partial charge in [-0.3, -0.25) is 14.0 Å². The second kappa shape index (κ2) is 9.20. The number of hydrogen-bond acceptors (Lipinski definition) is 5. The molecule has 0 bridgehead atoms. The quantitative estimate of drug-likeness (QED) is 0.572. The van der Waals surface area contributed by atoms with Crippen molar-refractivity contribution in [3.8, 4) is 5.75 Å². The van der Waals surface area contributed by atoms with Gasteiger partial charge in [-0.15, -0.1) is 0 Å². The number of nitrogens with zero attached hydrogens (tertiary/aromatic N) is 3. The minimum atomic E-state index is -0.411. The molecule has 2 amide bonds. The third kappa shape index (κ3) is 4.91. The first-order chi connectivity index (χ1) is 14.0. The molecule has 8 heteroatoms. The van der Waals surface area contributed by atoms with E-state index in [4.69, 9.17) is 4.74 Å². The summed E-state index contributed by atoms with van der Waals surface area (Å²) in [5.41, 5.74) is 1.39. The van der Waals surface area contributed by atoms with Crippen LogP contribution in [0.5, 0.6) is 5.75 Å². The minimum absolute atomic E-state index is 0.141. The Morgan fingerprint density at radius 3 is 2.72 bits per heavy atom. The third-order valence-electron chi connectivity index (χ3n) is 4.36. The Bertz CT molecular complexity index is 1010. The number of anilines is 1. The van der Waals surface area contributed by atoms with E-state index in [0.29, 0.717) is 23.5 Å². The van der Waals surface area contributed by atoms with Crippen molar-refractivity contribution in [3.63, 3.8) is 0 Å². The highest BCUT2D eigenvalue weighted by Gasteiger charge is 2.21. The molecule has 152 valence electrons. The van der Waals surface area contributed by atoms with Crippen molar-refractivity contribution in [1.29, 1.82) is 0 Å². The number of rotatable bonds is 8. The minimum Gasteiger partial charge on any atom is -0.497 e. The Hall–Kier alpha value is -3.39. The molecule has 0 aliphatic carbocycles. The lowest BCUT2D eigenvalue weighted by molar-refractivity contribution is 0.0949. The van der Waals surface area contributed by atoms with Gasteiger partial charge in [-0.25, -0.2) is 4.98 Å². The first-order valence-corrected chi connectivity index (χ1v) is 9.35. The van der Waals surface area contributed by atoms with Gasteiger partial charge in [0.15, 0.2) is 5.69 Å². The molecular formula is C21H25N5O3. The van der Waals surface area contributed by atoms with Gasteiger partial charge in [0.2, 0.25) is 5.82 Å². The molecular weight excluding hydrogens is 370 g/mol. The molecule has 0 saturated carbocycles. The van der Waals surface area contributed by atoms with E-state index in [1.54, 1.807) is 54.1 Å². The smallest absolute Gasteiger partial charge is 0.292 e. The fourth-order valence-electron chi connectivity index (χ4n) is 2.93. The fourth-order valence-corrected chi connectivity index (χ4v) is 2.93. The number of amides is 2. The van der Waals surface area contributed by atoms with Crippen LogP contribution in [0.1, 0.15) is 27.5 Å². The molecule has 0 spiro atoms. The van der Waals surface area contributed by atoms with Crippen LogP contribution in [0, 0.1) is 0 Å². The summed E-state index contributed by atoms with van der Waals surface area (Å²) in [5.74, 6) is 0.0643. The van der Waals surface area contributed by atoms with Crippen molar-refractivity contribution in [2.45, 2.75) is 6.42 Å². The highest BCUT2D eigenvalue weighted by Crippen LogP contribution is 2.19. The number of benzene rings is 1. The molecule has 0 aliphatic rings. The number of aromatic nitrogens is 2. The topological polar surface area (TPSA) is 88.0 Å².